The predicted molar refractivity (Wildman–Crippen MR) is 73.3 cm³/mol. The SMILES string of the molecule is CCC(C)CN(CC)c1c(F)cc(CCl)cc1F. The van der Waals surface area contributed by atoms with Gasteiger partial charge in [-0.3, -0.25) is 0 Å². The van der Waals surface area contributed by atoms with Crippen LogP contribution < -0.4 is 4.90 Å². The third-order valence-electron chi connectivity index (χ3n) is 3.16. The molecule has 1 rings (SSSR count). The molecule has 0 aliphatic carbocycles. The van der Waals surface area contributed by atoms with Crippen molar-refractivity contribution in [3.63, 3.8) is 0 Å². The maximum absolute atomic E-state index is 13.9. The van der Waals surface area contributed by atoms with E-state index in [1.54, 1.807) is 4.90 Å². The summed E-state index contributed by atoms with van der Waals surface area (Å²) in [5.74, 6) is -0.547. The van der Waals surface area contributed by atoms with Crippen LogP contribution in [0.4, 0.5) is 14.5 Å². The van der Waals surface area contributed by atoms with Gasteiger partial charge in [0.1, 0.15) is 17.3 Å². The van der Waals surface area contributed by atoms with Crippen LogP contribution in [0.2, 0.25) is 0 Å². The minimum Gasteiger partial charge on any atom is -0.367 e. The number of alkyl halides is 1. The van der Waals surface area contributed by atoms with E-state index in [-0.39, 0.29) is 11.6 Å². The standard InChI is InChI=1S/C14H20ClF2N/c1-4-10(3)9-18(5-2)14-12(16)6-11(8-15)7-13(14)17/h6-7,10H,4-5,8-9H2,1-3H3. The van der Waals surface area contributed by atoms with Crippen molar-refractivity contribution in [2.24, 2.45) is 5.92 Å². The van der Waals surface area contributed by atoms with Crippen molar-refractivity contribution in [3.8, 4) is 0 Å². The highest BCUT2D eigenvalue weighted by atomic mass is 35.5. The molecule has 0 saturated heterocycles. The van der Waals surface area contributed by atoms with E-state index < -0.39 is 11.6 Å². The maximum Gasteiger partial charge on any atom is 0.149 e. The monoisotopic (exact) mass is 275 g/mol. The molecule has 0 bridgehead atoms. The molecule has 0 N–H and O–H groups in total. The van der Waals surface area contributed by atoms with Crippen molar-refractivity contribution in [1.82, 2.24) is 0 Å². The second-order valence-corrected chi connectivity index (χ2v) is 4.86. The number of anilines is 1. The molecule has 1 unspecified atom stereocenters. The van der Waals surface area contributed by atoms with Gasteiger partial charge >= 0.3 is 0 Å². The summed E-state index contributed by atoms with van der Waals surface area (Å²) in [6, 6.07) is 2.62. The van der Waals surface area contributed by atoms with E-state index in [4.69, 9.17) is 11.6 Å². The Labute approximate surface area is 113 Å². The number of hydrogen-bond donors (Lipinski definition) is 0. The Morgan fingerprint density at radius 2 is 1.78 bits per heavy atom. The van der Waals surface area contributed by atoms with Crippen LogP contribution in [0.15, 0.2) is 12.1 Å². The van der Waals surface area contributed by atoms with E-state index >= 15 is 0 Å². The summed E-state index contributed by atoms with van der Waals surface area (Å²) < 4.78 is 27.9. The summed E-state index contributed by atoms with van der Waals surface area (Å²) in [4.78, 5) is 1.75. The van der Waals surface area contributed by atoms with Crippen LogP contribution in [0.3, 0.4) is 0 Å². The van der Waals surface area contributed by atoms with Crippen molar-refractivity contribution < 1.29 is 8.78 Å². The van der Waals surface area contributed by atoms with E-state index in [2.05, 4.69) is 13.8 Å². The molecule has 0 saturated carbocycles. The smallest absolute Gasteiger partial charge is 0.149 e. The molecule has 0 amide bonds. The molecule has 1 nitrogen and oxygen atoms in total. The minimum atomic E-state index is -0.532. The van der Waals surface area contributed by atoms with Crippen LogP contribution in [-0.4, -0.2) is 13.1 Å². The highest BCUT2D eigenvalue weighted by Gasteiger charge is 2.18. The Hall–Kier alpha value is -0.830. The highest BCUT2D eigenvalue weighted by Crippen LogP contribution is 2.26. The molecule has 0 spiro atoms. The topological polar surface area (TPSA) is 3.24 Å². The Morgan fingerprint density at radius 1 is 1.22 bits per heavy atom. The van der Waals surface area contributed by atoms with Gasteiger partial charge in [0.25, 0.3) is 0 Å². The Morgan fingerprint density at radius 3 is 2.17 bits per heavy atom. The molecule has 0 radical (unpaired) electrons. The van der Waals surface area contributed by atoms with E-state index in [1.807, 2.05) is 6.92 Å². The Balaban J connectivity index is 3.05. The van der Waals surface area contributed by atoms with E-state index in [0.717, 1.165) is 6.42 Å². The molecule has 0 aromatic heterocycles. The van der Waals surface area contributed by atoms with Crippen LogP contribution in [0.5, 0.6) is 0 Å². The first-order valence-corrected chi connectivity index (χ1v) is 6.85. The van der Waals surface area contributed by atoms with Gasteiger partial charge < -0.3 is 4.90 Å². The third-order valence-corrected chi connectivity index (χ3v) is 3.47. The molecule has 0 aliphatic rings. The zero-order valence-corrected chi connectivity index (χ0v) is 11.9. The fourth-order valence-corrected chi connectivity index (χ4v) is 2.04. The van der Waals surface area contributed by atoms with Gasteiger partial charge in [-0.1, -0.05) is 20.3 Å². The molecule has 0 aliphatic heterocycles. The first-order chi connectivity index (χ1) is 8.53. The van der Waals surface area contributed by atoms with Crippen molar-refractivity contribution >= 4 is 17.3 Å². The van der Waals surface area contributed by atoms with Crippen LogP contribution in [0.1, 0.15) is 32.8 Å². The number of rotatable bonds is 6. The van der Waals surface area contributed by atoms with E-state index in [9.17, 15) is 8.78 Å². The first-order valence-electron chi connectivity index (χ1n) is 6.32. The maximum atomic E-state index is 13.9. The average Bonchev–Trinajstić information content (AvgIpc) is 2.35. The lowest BCUT2D eigenvalue weighted by Crippen LogP contribution is -2.29. The molecule has 18 heavy (non-hydrogen) atoms. The van der Waals surface area contributed by atoms with Crippen LogP contribution >= 0.6 is 11.6 Å². The fourth-order valence-electron chi connectivity index (χ4n) is 1.88. The number of hydrogen-bond acceptors (Lipinski definition) is 1. The fraction of sp³-hybridized carbons (Fsp3) is 0.571. The van der Waals surface area contributed by atoms with Gasteiger partial charge in [0.05, 0.1) is 0 Å². The second kappa shape index (κ2) is 6.93. The van der Waals surface area contributed by atoms with Gasteiger partial charge in [-0.25, -0.2) is 8.78 Å². The molecule has 102 valence electrons. The lowest BCUT2D eigenvalue weighted by atomic mass is 10.1. The van der Waals surface area contributed by atoms with Crippen molar-refractivity contribution in [1.29, 1.82) is 0 Å². The molecule has 1 aromatic carbocycles. The lowest BCUT2D eigenvalue weighted by molar-refractivity contribution is 0.521. The zero-order valence-electron chi connectivity index (χ0n) is 11.1. The lowest BCUT2D eigenvalue weighted by Gasteiger charge is -2.27. The summed E-state index contributed by atoms with van der Waals surface area (Å²) in [7, 11) is 0. The molecular formula is C14H20ClF2N. The van der Waals surface area contributed by atoms with Crippen LogP contribution in [0, 0.1) is 17.6 Å². The molecule has 0 heterocycles. The van der Waals surface area contributed by atoms with Gasteiger partial charge in [0, 0.05) is 19.0 Å². The number of benzene rings is 1. The van der Waals surface area contributed by atoms with Gasteiger partial charge in [0.2, 0.25) is 0 Å². The van der Waals surface area contributed by atoms with Gasteiger partial charge in [0.15, 0.2) is 0 Å². The van der Waals surface area contributed by atoms with Crippen LogP contribution in [-0.2, 0) is 5.88 Å². The molecule has 1 aromatic rings. The van der Waals surface area contributed by atoms with E-state index in [1.165, 1.54) is 12.1 Å². The summed E-state index contributed by atoms with van der Waals surface area (Å²) in [5.41, 5.74) is 0.529. The number of nitrogens with zero attached hydrogens (tertiary/aromatic N) is 1. The molecule has 0 fully saturated rings. The summed E-state index contributed by atoms with van der Waals surface area (Å²) in [6.07, 6.45) is 0.986. The quantitative estimate of drug-likeness (QED) is 0.687. The second-order valence-electron chi connectivity index (χ2n) is 4.59. The van der Waals surface area contributed by atoms with Crippen molar-refractivity contribution in [3.05, 3.63) is 29.3 Å². The summed E-state index contributed by atoms with van der Waals surface area (Å²) in [5, 5.41) is 0. The van der Waals surface area contributed by atoms with Gasteiger partial charge in [-0.15, -0.1) is 11.6 Å². The molecular weight excluding hydrogens is 256 g/mol. The Bertz CT molecular complexity index is 372. The predicted octanol–water partition coefficient (Wildman–Crippen LogP) is 4.58. The summed E-state index contributed by atoms with van der Waals surface area (Å²) >= 11 is 5.60. The average molecular weight is 276 g/mol. The normalized spacial score (nSPS) is 12.6. The Kier molecular flexibility index (Phi) is 5.86. The first kappa shape index (κ1) is 15.2. The van der Waals surface area contributed by atoms with Gasteiger partial charge in [-0.05, 0) is 30.5 Å². The minimum absolute atomic E-state index is 0.0617. The molecule has 4 heteroatoms. The highest BCUT2D eigenvalue weighted by molar-refractivity contribution is 6.17. The molecule has 1 atom stereocenters. The largest absolute Gasteiger partial charge is 0.367 e. The number of halogens is 3. The zero-order chi connectivity index (χ0) is 13.7. The van der Waals surface area contributed by atoms with Crippen molar-refractivity contribution in [2.45, 2.75) is 33.1 Å². The van der Waals surface area contributed by atoms with Gasteiger partial charge in [-0.2, -0.15) is 0 Å². The van der Waals surface area contributed by atoms with E-state index in [0.29, 0.717) is 24.6 Å². The third kappa shape index (κ3) is 3.58. The van der Waals surface area contributed by atoms with Crippen molar-refractivity contribution in [2.75, 3.05) is 18.0 Å². The van der Waals surface area contributed by atoms with Crippen LogP contribution in [0.25, 0.3) is 0 Å². The summed E-state index contributed by atoms with van der Waals surface area (Å²) in [6.45, 7) is 7.28.